The van der Waals surface area contributed by atoms with Crippen LogP contribution in [0.15, 0.2) is 23.2 Å². The molecular formula is C18H28ClFN4O2. The minimum absolute atomic E-state index is 0.0871. The number of benzene rings is 1. The van der Waals surface area contributed by atoms with Crippen LogP contribution in [-0.4, -0.2) is 67.5 Å². The molecule has 0 spiro atoms. The standard InChI is InChI=1S/C18H28ClFN4O2/c1-3-21-17(22-11-14-4-5-16(20)15(19)10-14)23-12-18(2,25)13-24-6-8-26-9-7-24/h4-5,10,25H,3,6-9,11-13H2,1-2H3,(H2,21,22,23). The first-order valence-electron chi connectivity index (χ1n) is 8.88. The van der Waals surface area contributed by atoms with E-state index in [-0.39, 0.29) is 5.02 Å². The Morgan fingerprint density at radius 3 is 2.77 bits per heavy atom. The minimum atomic E-state index is -0.896. The second-order valence-corrected chi connectivity index (χ2v) is 7.09. The summed E-state index contributed by atoms with van der Waals surface area (Å²) in [5, 5.41) is 17.0. The number of nitrogens with one attached hydrogen (secondary N) is 2. The van der Waals surface area contributed by atoms with Gasteiger partial charge in [0.05, 0.1) is 30.4 Å². The van der Waals surface area contributed by atoms with Crippen LogP contribution < -0.4 is 10.6 Å². The topological polar surface area (TPSA) is 69.1 Å². The Labute approximate surface area is 159 Å². The van der Waals surface area contributed by atoms with E-state index in [1.165, 1.54) is 6.07 Å². The minimum Gasteiger partial charge on any atom is -0.387 e. The Kier molecular flexibility index (Phi) is 8.09. The maximum atomic E-state index is 13.2. The molecule has 1 aromatic rings. The molecule has 0 amide bonds. The van der Waals surface area contributed by atoms with Crippen LogP contribution in [0.3, 0.4) is 0 Å². The second-order valence-electron chi connectivity index (χ2n) is 6.68. The Morgan fingerprint density at radius 1 is 1.38 bits per heavy atom. The average molecular weight is 387 g/mol. The van der Waals surface area contributed by atoms with Crippen molar-refractivity contribution in [3.05, 3.63) is 34.6 Å². The van der Waals surface area contributed by atoms with Gasteiger partial charge in [0.15, 0.2) is 5.96 Å². The SMILES string of the molecule is CCNC(=NCc1ccc(F)c(Cl)c1)NCC(C)(O)CN1CCOCC1. The molecule has 1 aliphatic rings. The molecule has 6 nitrogen and oxygen atoms in total. The van der Waals surface area contributed by atoms with Crippen LogP contribution in [-0.2, 0) is 11.3 Å². The van der Waals surface area contributed by atoms with Crippen molar-refractivity contribution >= 4 is 17.6 Å². The molecule has 8 heteroatoms. The van der Waals surface area contributed by atoms with Crippen LogP contribution >= 0.6 is 11.6 Å². The van der Waals surface area contributed by atoms with Gasteiger partial charge in [0.25, 0.3) is 0 Å². The number of guanidine groups is 1. The van der Waals surface area contributed by atoms with E-state index in [1.807, 2.05) is 6.92 Å². The molecule has 0 radical (unpaired) electrons. The predicted octanol–water partition coefficient (Wildman–Crippen LogP) is 1.62. The number of rotatable bonds is 7. The van der Waals surface area contributed by atoms with Crippen molar-refractivity contribution in [2.45, 2.75) is 26.0 Å². The van der Waals surface area contributed by atoms with Gasteiger partial charge in [0.1, 0.15) is 5.82 Å². The average Bonchev–Trinajstić information content (AvgIpc) is 2.61. The lowest BCUT2D eigenvalue weighted by Crippen LogP contribution is -2.52. The highest BCUT2D eigenvalue weighted by atomic mass is 35.5. The molecule has 26 heavy (non-hydrogen) atoms. The number of hydrogen-bond donors (Lipinski definition) is 3. The number of β-amino-alcohol motifs (C(OH)–C–C–N with tert-alkyl or cyclic N) is 1. The molecule has 1 unspecified atom stereocenters. The van der Waals surface area contributed by atoms with Crippen LogP contribution in [0.4, 0.5) is 4.39 Å². The van der Waals surface area contributed by atoms with Crippen LogP contribution in [0.5, 0.6) is 0 Å². The zero-order valence-electron chi connectivity index (χ0n) is 15.4. The van der Waals surface area contributed by atoms with E-state index < -0.39 is 11.4 Å². The molecule has 1 saturated heterocycles. The fourth-order valence-corrected chi connectivity index (χ4v) is 2.92. The summed E-state index contributed by atoms with van der Waals surface area (Å²) in [6.07, 6.45) is 0. The lowest BCUT2D eigenvalue weighted by Gasteiger charge is -2.34. The molecule has 146 valence electrons. The molecule has 1 atom stereocenters. The first kappa shape index (κ1) is 20.9. The molecule has 1 aliphatic heterocycles. The van der Waals surface area contributed by atoms with Gasteiger partial charge in [-0.05, 0) is 31.5 Å². The largest absolute Gasteiger partial charge is 0.387 e. The highest BCUT2D eigenvalue weighted by Crippen LogP contribution is 2.16. The Bertz CT molecular complexity index is 607. The van der Waals surface area contributed by atoms with Crippen molar-refractivity contribution in [2.75, 3.05) is 45.9 Å². The molecule has 0 aromatic heterocycles. The molecule has 0 saturated carbocycles. The van der Waals surface area contributed by atoms with Crippen molar-refractivity contribution in [1.29, 1.82) is 0 Å². The number of aliphatic imine (C=N–C) groups is 1. The van der Waals surface area contributed by atoms with Crippen LogP contribution in [0, 0.1) is 5.82 Å². The fraction of sp³-hybridized carbons (Fsp3) is 0.611. The first-order chi connectivity index (χ1) is 12.4. The summed E-state index contributed by atoms with van der Waals surface area (Å²) in [4.78, 5) is 6.66. The Balaban J connectivity index is 1.90. The molecule has 0 aliphatic carbocycles. The van der Waals surface area contributed by atoms with Crippen molar-refractivity contribution in [2.24, 2.45) is 4.99 Å². The highest BCUT2D eigenvalue weighted by molar-refractivity contribution is 6.30. The zero-order chi connectivity index (χ0) is 19.0. The summed E-state index contributed by atoms with van der Waals surface area (Å²) in [5.74, 6) is 0.152. The molecule has 2 rings (SSSR count). The molecule has 0 bridgehead atoms. The molecule has 1 aromatic carbocycles. The van der Waals surface area contributed by atoms with Gasteiger partial charge in [-0.2, -0.15) is 0 Å². The third-order valence-electron chi connectivity index (χ3n) is 4.05. The number of morpholine rings is 1. The van der Waals surface area contributed by atoms with E-state index in [1.54, 1.807) is 19.1 Å². The van der Waals surface area contributed by atoms with Crippen LogP contribution in [0.2, 0.25) is 5.02 Å². The third-order valence-corrected chi connectivity index (χ3v) is 4.34. The lowest BCUT2D eigenvalue weighted by atomic mass is 10.1. The summed E-state index contributed by atoms with van der Waals surface area (Å²) in [6, 6.07) is 4.56. The van der Waals surface area contributed by atoms with Gasteiger partial charge < -0.3 is 20.5 Å². The van der Waals surface area contributed by atoms with Crippen LogP contribution in [0.25, 0.3) is 0 Å². The molecule has 1 heterocycles. The van der Waals surface area contributed by atoms with E-state index >= 15 is 0 Å². The summed E-state index contributed by atoms with van der Waals surface area (Å²) in [7, 11) is 0. The first-order valence-corrected chi connectivity index (χ1v) is 9.26. The van der Waals surface area contributed by atoms with E-state index in [0.717, 1.165) is 18.7 Å². The number of halogens is 2. The van der Waals surface area contributed by atoms with Crippen molar-refractivity contribution in [3.8, 4) is 0 Å². The maximum Gasteiger partial charge on any atom is 0.191 e. The van der Waals surface area contributed by atoms with Crippen molar-refractivity contribution < 1.29 is 14.2 Å². The second kappa shape index (κ2) is 10.1. The van der Waals surface area contributed by atoms with Gasteiger partial charge in [-0.25, -0.2) is 9.38 Å². The smallest absolute Gasteiger partial charge is 0.191 e. The van der Waals surface area contributed by atoms with E-state index in [2.05, 4.69) is 20.5 Å². The van der Waals surface area contributed by atoms with Crippen LogP contribution in [0.1, 0.15) is 19.4 Å². The third kappa shape index (κ3) is 7.07. The zero-order valence-corrected chi connectivity index (χ0v) is 16.2. The highest BCUT2D eigenvalue weighted by Gasteiger charge is 2.25. The fourth-order valence-electron chi connectivity index (χ4n) is 2.72. The van der Waals surface area contributed by atoms with E-state index in [0.29, 0.717) is 45.4 Å². The van der Waals surface area contributed by atoms with E-state index in [4.69, 9.17) is 16.3 Å². The number of hydrogen-bond acceptors (Lipinski definition) is 4. The Morgan fingerprint density at radius 2 is 2.12 bits per heavy atom. The quantitative estimate of drug-likeness (QED) is 0.490. The predicted molar refractivity (Wildman–Crippen MR) is 102 cm³/mol. The Hall–Kier alpha value is -1.41. The van der Waals surface area contributed by atoms with Gasteiger partial charge in [-0.3, -0.25) is 4.90 Å². The van der Waals surface area contributed by atoms with Crippen molar-refractivity contribution in [1.82, 2.24) is 15.5 Å². The van der Waals surface area contributed by atoms with Crippen molar-refractivity contribution in [3.63, 3.8) is 0 Å². The molecule has 3 N–H and O–H groups in total. The molecular weight excluding hydrogens is 359 g/mol. The number of nitrogens with zero attached hydrogens (tertiary/aromatic N) is 2. The normalized spacial score (nSPS) is 18.4. The summed E-state index contributed by atoms with van der Waals surface area (Å²) >= 11 is 5.80. The van der Waals surface area contributed by atoms with Gasteiger partial charge in [0.2, 0.25) is 0 Å². The van der Waals surface area contributed by atoms with Gasteiger partial charge in [-0.1, -0.05) is 17.7 Å². The molecule has 1 fully saturated rings. The van der Waals surface area contributed by atoms with Gasteiger partial charge in [0, 0.05) is 32.7 Å². The number of aliphatic hydroxyl groups is 1. The lowest BCUT2D eigenvalue weighted by molar-refractivity contribution is -0.0201. The summed E-state index contributed by atoms with van der Waals surface area (Å²) in [6.45, 7) is 8.82. The van der Waals surface area contributed by atoms with Gasteiger partial charge in [-0.15, -0.1) is 0 Å². The van der Waals surface area contributed by atoms with Gasteiger partial charge >= 0.3 is 0 Å². The maximum absolute atomic E-state index is 13.2. The summed E-state index contributed by atoms with van der Waals surface area (Å²) < 4.78 is 18.6. The monoisotopic (exact) mass is 386 g/mol. The van der Waals surface area contributed by atoms with E-state index in [9.17, 15) is 9.50 Å². The number of ether oxygens (including phenoxy) is 1. The summed E-state index contributed by atoms with van der Waals surface area (Å²) in [5.41, 5.74) is -0.0825.